The fourth-order valence-electron chi connectivity index (χ4n) is 1.84. The first-order chi connectivity index (χ1) is 10.9. The Labute approximate surface area is 147 Å². The maximum atomic E-state index is 13.8. The maximum Gasteiger partial charge on any atom is 0.416 e. The smallest absolute Gasteiger partial charge is 0.358 e. The summed E-state index contributed by atoms with van der Waals surface area (Å²) in [4.78, 5) is 26.3. The molecule has 0 aliphatic carbocycles. The molecule has 0 saturated carbocycles. The fourth-order valence-corrected chi connectivity index (χ4v) is 2.15. The molecular weight excluding hydrogens is 397 g/mol. The van der Waals surface area contributed by atoms with Crippen LogP contribution in [0.3, 0.4) is 0 Å². The van der Waals surface area contributed by atoms with Crippen molar-refractivity contribution in [1.29, 1.82) is 0 Å². The average Bonchev–Trinajstić information content (AvgIpc) is 2.93. The molecule has 0 amide bonds. The SMILES string of the molecule is O=C(c1c[nH]c(C(=O)C(Cl)(Cl)Cl)c1)c1ccc(C(F)(F)F)cc1F. The van der Waals surface area contributed by atoms with Gasteiger partial charge in [-0.25, -0.2) is 4.39 Å². The van der Waals surface area contributed by atoms with Crippen molar-refractivity contribution in [1.82, 2.24) is 4.98 Å². The lowest BCUT2D eigenvalue weighted by Gasteiger charge is -2.08. The Bertz CT molecular complexity index is 809. The van der Waals surface area contributed by atoms with Gasteiger partial charge in [0.2, 0.25) is 5.78 Å². The summed E-state index contributed by atoms with van der Waals surface area (Å²) in [6.07, 6.45) is -3.68. The quantitative estimate of drug-likeness (QED) is 0.448. The van der Waals surface area contributed by atoms with Gasteiger partial charge in [-0.05, 0) is 24.3 Å². The first kappa shape index (κ1) is 18.8. The van der Waals surface area contributed by atoms with Crippen LogP contribution in [0.1, 0.15) is 32.0 Å². The van der Waals surface area contributed by atoms with E-state index in [4.69, 9.17) is 34.8 Å². The van der Waals surface area contributed by atoms with Crippen LogP contribution in [0.4, 0.5) is 17.6 Å². The van der Waals surface area contributed by atoms with Gasteiger partial charge in [0.1, 0.15) is 5.82 Å². The van der Waals surface area contributed by atoms with Crippen molar-refractivity contribution in [2.75, 3.05) is 0 Å². The van der Waals surface area contributed by atoms with Crippen LogP contribution in [0.15, 0.2) is 30.5 Å². The molecule has 1 heterocycles. The summed E-state index contributed by atoms with van der Waals surface area (Å²) < 4.78 is 49.0. The molecular formula is C14H6Cl3F4NO2. The highest BCUT2D eigenvalue weighted by molar-refractivity contribution is 6.77. The van der Waals surface area contributed by atoms with E-state index in [1.54, 1.807) is 0 Å². The third-order valence-corrected chi connectivity index (χ3v) is 3.50. The van der Waals surface area contributed by atoms with Crippen LogP contribution in [0.2, 0.25) is 0 Å². The zero-order valence-corrected chi connectivity index (χ0v) is 13.6. The molecule has 0 spiro atoms. The third kappa shape index (κ3) is 3.91. The Hall–Kier alpha value is -1.57. The highest BCUT2D eigenvalue weighted by atomic mass is 35.6. The van der Waals surface area contributed by atoms with Gasteiger partial charge >= 0.3 is 6.18 Å². The van der Waals surface area contributed by atoms with Crippen LogP contribution in [0, 0.1) is 5.82 Å². The van der Waals surface area contributed by atoms with E-state index in [1.165, 1.54) is 0 Å². The van der Waals surface area contributed by atoms with Gasteiger partial charge in [0.15, 0.2) is 5.78 Å². The lowest BCUT2D eigenvalue weighted by atomic mass is 10.0. The second-order valence-electron chi connectivity index (χ2n) is 4.65. The number of aromatic nitrogens is 1. The van der Waals surface area contributed by atoms with E-state index in [9.17, 15) is 27.2 Å². The summed E-state index contributed by atoms with van der Waals surface area (Å²) >= 11 is 16.3. The monoisotopic (exact) mass is 401 g/mol. The second-order valence-corrected chi connectivity index (χ2v) is 6.93. The zero-order valence-electron chi connectivity index (χ0n) is 11.3. The first-order valence-corrected chi connectivity index (χ1v) is 7.26. The second kappa shape index (κ2) is 6.38. The summed E-state index contributed by atoms with van der Waals surface area (Å²) in [5, 5.41) is 0. The van der Waals surface area contributed by atoms with Crippen molar-refractivity contribution in [3.8, 4) is 0 Å². The first-order valence-electron chi connectivity index (χ1n) is 6.12. The summed E-state index contributed by atoms with van der Waals surface area (Å²) in [5.41, 5.74) is -2.20. The van der Waals surface area contributed by atoms with Crippen LogP contribution < -0.4 is 0 Å². The van der Waals surface area contributed by atoms with Gasteiger partial charge in [-0.1, -0.05) is 34.8 Å². The molecule has 0 bridgehead atoms. The highest BCUT2D eigenvalue weighted by Crippen LogP contribution is 2.32. The van der Waals surface area contributed by atoms with Crippen molar-refractivity contribution in [2.24, 2.45) is 0 Å². The molecule has 24 heavy (non-hydrogen) atoms. The van der Waals surface area contributed by atoms with E-state index >= 15 is 0 Å². The molecule has 0 saturated heterocycles. The Morgan fingerprint density at radius 2 is 1.67 bits per heavy atom. The summed E-state index contributed by atoms with van der Waals surface area (Å²) in [6.45, 7) is 0. The molecule has 0 unspecified atom stereocenters. The van der Waals surface area contributed by atoms with Crippen LogP contribution in [0.5, 0.6) is 0 Å². The van der Waals surface area contributed by atoms with Crippen molar-refractivity contribution in [3.05, 3.63) is 58.7 Å². The Balaban J connectivity index is 2.34. The number of benzene rings is 1. The lowest BCUT2D eigenvalue weighted by Crippen LogP contribution is -2.19. The molecule has 0 fully saturated rings. The minimum atomic E-state index is -4.74. The van der Waals surface area contributed by atoms with Crippen LogP contribution in [0.25, 0.3) is 0 Å². The van der Waals surface area contributed by atoms with Crippen LogP contribution in [-0.2, 0) is 6.18 Å². The largest absolute Gasteiger partial charge is 0.416 e. The van der Waals surface area contributed by atoms with Gasteiger partial charge in [0.05, 0.1) is 16.8 Å². The molecule has 3 nitrogen and oxygen atoms in total. The molecule has 2 aromatic rings. The number of Topliss-reactive ketones (excluding diaryl/α,β-unsaturated/α-hetero) is 1. The number of alkyl halides is 6. The third-order valence-electron chi connectivity index (χ3n) is 2.99. The summed E-state index contributed by atoms with van der Waals surface area (Å²) in [6, 6.07) is 2.53. The van der Waals surface area contributed by atoms with E-state index in [1.807, 2.05) is 0 Å². The maximum absolute atomic E-state index is 13.8. The molecule has 1 aromatic carbocycles. The van der Waals surface area contributed by atoms with Crippen LogP contribution in [-0.4, -0.2) is 20.3 Å². The van der Waals surface area contributed by atoms with Gasteiger partial charge in [-0.15, -0.1) is 0 Å². The number of rotatable bonds is 3. The van der Waals surface area contributed by atoms with Gasteiger partial charge in [-0.2, -0.15) is 13.2 Å². The van der Waals surface area contributed by atoms with Crippen molar-refractivity contribution >= 4 is 46.4 Å². The molecule has 128 valence electrons. The molecule has 0 radical (unpaired) electrons. The molecule has 10 heteroatoms. The Morgan fingerprint density at radius 1 is 1.04 bits per heavy atom. The van der Waals surface area contributed by atoms with Crippen molar-refractivity contribution < 1.29 is 27.2 Å². The molecule has 0 aliphatic heterocycles. The minimum absolute atomic E-state index is 0.175. The number of halogens is 7. The predicted molar refractivity (Wildman–Crippen MR) is 80.2 cm³/mol. The minimum Gasteiger partial charge on any atom is -0.358 e. The van der Waals surface area contributed by atoms with Crippen LogP contribution >= 0.6 is 34.8 Å². The standard InChI is InChI=1S/C14H6Cl3F4NO2/c15-13(16,17)12(24)10-3-6(5-22-10)11(23)8-2-1-7(4-9(8)18)14(19,20)21/h1-5,22H. The number of hydrogen-bond donors (Lipinski definition) is 1. The van der Waals surface area contributed by atoms with Crippen molar-refractivity contribution in [3.63, 3.8) is 0 Å². The summed E-state index contributed by atoms with van der Waals surface area (Å²) in [5.74, 6) is -3.22. The topological polar surface area (TPSA) is 49.9 Å². The number of ketones is 2. The number of nitrogens with one attached hydrogen (secondary N) is 1. The van der Waals surface area contributed by atoms with Gasteiger partial charge in [0, 0.05) is 11.8 Å². The van der Waals surface area contributed by atoms with E-state index < -0.39 is 38.5 Å². The zero-order chi connectivity index (χ0) is 18.3. The molecule has 0 aliphatic rings. The van der Waals surface area contributed by atoms with E-state index in [2.05, 4.69) is 4.98 Å². The van der Waals surface area contributed by atoms with Crippen molar-refractivity contribution in [2.45, 2.75) is 9.97 Å². The molecule has 2 rings (SSSR count). The lowest BCUT2D eigenvalue weighted by molar-refractivity contribution is -0.137. The Kier molecular flexibility index (Phi) is 4.99. The van der Waals surface area contributed by atoms with Gasteiger partial charge in [-0.3, -0.25) is 9.59 Å². The van der Waals surface area contributed by atoms with Gasteiger partial charge < -0.3 is 4.98 Å². The molecule has 0 atom stereocenters. The fraction of sp³-hybridized carbons (Fsp3) is 0.143. The predicted octanol–water partition coefficient (Wildman–Crippen LogP) is 4.96. The number of carbonyl (C=O) groups is 2. The van der Waals surface area contributed by atoms with E-state index in [0.717, 1.165) is 12.3 Å². The Morgan fingerprint density at radius 3 is 2.17 bits per heavy atom. The van der Waals surface area contributed by atoms with E-state index in [-0.39, 0.29) is 17.3 Å². The van der Waals surface area contributed by atoms with E-state index in [0.29, 0.717) is 12.1 Å². The molecule has 1 aromatic heterocycles. The number of aromatic amines is 1. The number of hydrogen-bond acceptors (Lipinski definition) is 2. The number of H-pyrrole nitrogens is 1. The highest BCUT2D eigenvalue weighted by Gasteiger charge is 2.34. The summed E-state index contributed by atoms with van der Waals surface area (Å²) in [7, 11) is 0. The number of carbonyl (C=O) groups excluding carboxylic acids is 2. The molecule has 1 N–H and O–H groups in total. The average molecular weight is 403 g/mol. The van der Waals surface area contributed by atoms with Gasteiger partial charge in [0.25, 0.3) is 3.79 Å². The normalized spacial score (nSPS) is 12.3.